The zero-order valence-corrected chi connectivity index (χ0v) is 10.6. The second-order valence-corrected chi connectivity index (χ2v) is 4.81. The van der Waals surface area contributed by atoms with E-state index in [1.807, 2.05) is 0 Å². The van der Waals surface area contributed by atoms with Crippen molar-refractivity contribution in [3.8, 4) is 0 Å². The van der Waals surface area contributed by atoms with E-state index in [0.29, 0.717) is 12.8 Å². The van der Waals surface area contributed by atoms with Gasteiger partial charge in [0.2, 0.25) is 0 Å². The first-order valence-corrected chi connectivity index (χ1v) is 6.10. The van der Waals surface area contributed by atoms with E-state index in [4.69, 9.17) is 0 Å². The van der Waals surface area contributed by atoms with Crippen LogP contribution in [0.1, 0.15) is 33.6 Å². The predicted octanol–water partition coefficient (Wildman–Crippen LogP) is 3.80. The van der Waals surface area contributed by atoms with Crippen LogP contribution in [-0.4, -0.2) is 18.1 Å². The molecule has 0 aliphatic heterocycles. The number of alkyl halides is 2. The van der Waals surface area contributed by atoms with E-state index in [1.165, 1.54) is 26.8 Å². The lowest BCUT2D eigenvalue weighted by molar-refractivity contribution is -0.112. The van der Waals surface area contributed by atoms with Gasteiger partial charge in [-0.15, -0.1) is 0 Å². The highest BCUT2D eigenvalue weighted by Crippen LogP contribution is 2.34. The standard InChI is InChI=1S/C14H20F2O/c1-9(17)4-5-13-8-12(10(2)15)6-7-14(13)11(3)16/h4-5,8,10-12,14H,6-7H2,1-3H3. The molecule has 96 valence electrons. The van der Waals surface area contributed by atoms with Gasteiger partial charge in [-0.1, -0.05) is 12.2 Å². The van der Waals surface area contributed by atoms with Crippen molar-refractivity contribution in [2.45, 2.75) is 46.0 Å². The molecule has 0 heterocycles. The Bertz CT molecular complexity index is 329. The van der Waals surface area contributed by atoms with Gasteiger partial charge in [0, 0.05) is 11.8 Å². The smallest absolute Gasteiger partial charge is 0.152 e. The third-order valence-electron chi connectivity index (χ3n) is 3.30. The lowest BCUT2D eigenvalue weighted by Crippen LogP contribution is -2.24. The lowest BCUT2D eigenvalue weighted by atomic mass is 9.78. The summed E-state index contributed by atoms with van der Waals surface area (Å²) in [5.74, 6) is -0.441. The highest BCUT2D eigenvalue weighted by atomic mass is 19.1. The molecule has 0 aromatic heterocycles. The van der Waals surface area contributed by atoms with Crippen molar-refractivity contribution >= 4 is 5.78 Å². The maximum absolute atomic E-state index is 13.4. The Labute approximate surface area is 102 Å². The van der Waals surface area contributed by atoms with Crippen molar-refractivity contribution in [1.82, 2.24) is 0 Å². The molecule has 0 N–H and O–H groups in total. The summed E-state index contributed by atoms with van der Waals surface area (Å²) in [5, 5.41) is 0. The summed E-state index contributed by atoms with van der Waals surface area (Å²) in [6, 6.07) is 0. The molecule has 0 spiro atoms. The minimum atomic E-state index is -0.964. The molecule has 1 aliphatic rings. The summed E-state index contributed by atoms with van der Waals surface area (Å²) < 4.78 is 26.7. The Kier molecular flexibility index (Phi) is 5.03. The number of rotatable bonds is 4. The molecule has 0 aromatic rings. The molecule has 0 bridgehead atoms. The zero-order valence-electron chi connectivity index (χ0n) is 10.6. The van der Waals surface area contributed by atoms with Crippen LogP contribution >= 0.6 is 0 Å². The van der Waals surface area contributed by atoms with Crippen LogP contribution in [0.5, 0.6) is 0 Å². The van der Waals surface area contributed by atoms with Crippen LogP contribution < -0.4 is 0 Å². The van der Waals surface area contributed by atoms with Gasteiger partial charge >= 0.3 is 0 Å². The van der Waals surface area contributed by atoms with E-state index < -0.39 is 12.3 Å². The molecule has 0 fully saturated rings. The third-order valence-corrected chi connectivity index (χ3v) is 3.30. The highest BCUT2D eigenvalue weighted by Gasteiger charge is 2.28. The average Bonchev–Trinajstić information content (AvgIpc) is 2.25. The van der Waals surface area contributed by atoms with E-state index in [1.54, 1.807) is 12.2 Å². The Balaban J connectivity index is 2.91. The summed E-state index contributed by atoms with van der Waals surface area (Å²) in [6.07, 6.45) is 4.28. The van der Waals surface area contributed by atoms with Crippen molar-refractivity contribution in [2.75, 3.05) is 0 Å². The molecule has 0 aromatic carbocycles. The normalized spacial score (nSPS) is 28.9. The topological polar surface area (TPSA) is 17.1 Å². The Hall–Kier alpha value is -0.990. The van der Waals surface area contributed by atoms with Gasteiger partial charge in [0.05, 0.1) is 0 Å². The van der Waals surface area contributed by atoms with E-state index >= 15 is 0 Å². The Morgan fingerprint density at radius 2 is 2.00 bits per heavy atom. The molecule has 17 heavy (non-hydrogen) atoms. The summed E-state index contributed by atoms with van der Waals surface area (Å²) in [6.45, 7) is 4.48. The molecule has 1 nitrogen and oxygen atoms in total. The molecule has 4 atom stereocenters. The second kappa shape index (κ2) is 6.08. The molecule has 0 saturated heterocycles. The monoisotopic (exact) mass is 242 g/mol. The lowest BCUT2D eigenvalue weighted by Gasteiger charge is -2.29. The van der Waals surface area contributed by atoms with Crippen LogP contribution in [-0.2, 0) is 4.79 Å². The summed E-state index contributed by atoms with van der Waals surface area (Å²) >= 11 is 0. The van der Waals surface area contributed by atoms with Crippen LogP contribution in [0.3, 0.4) is 0 Å². The van der Waals surface area contributed by atoms with Gasteiger partial charge in [-0.05, 0) is 45.3 Å². The van der Waals surface area contributed by atoms with Gasteiger partial charge in [0.1, 0.15) is 12.3 Å². The highest BCUT2D eigenvalue weighted by molar-refractivity contribution is 5.87. The fraction of sp³-hybridized carbons (Fsp3) is 0.643. The third kappa shape index (κ3) is 4.06. The number of hydrogen-bond acceptors (Lipinski definition) is 1. The van der Waals surface area contributed by atoms with Crippen LogP contribution in [0, 0.1) is 11.8 Å². The van der Waals surface area contributed by atoms with Crippen LogP contribution in [0.15, 0.2) is 23.8 Å². The molecule has 4 unspecified atom stereocenters. The molecule has 0 saturated carbocycles. The van der Waals surface area contributed by atoms with Crippen molar-refractivity contribution in [1.29, 1.82) is 0 Å². The van der Waals surface area contributed by atoms with E-state index in [-0.39, 0.29) is 17.6 Å². The molecule has 0 radical (unpaired) electrons. The van der Waals surface area contributed by atoms with Crippen LogP contribution in [0.4, 0.5) is 8.78 Å². The first kappa shape index (κ1) is 14.1. The summed E-state index contributed by atoms with van der Waals surface area (Å²) in [7, 11) is 0. The maximum atomic E-state index is 13.4. The molecular weight excluding hydrogens is 222 g/mol. The van der Waals surface area contributed by atoms with Gasteiger partial charge in [0.15, 0.2) is 5.78 Å². The minimum Gasteiger partial charge on any atom is -0.295 e. The van der Waals surface area contributed by atoms with Gasteiger partial charge in [0.25, 0.3) is 0 Å². The zero-order chi connectivity index (χ0) is 13.0. The first-order chi connectivity index (χ1) is 7.91. The van der Waals surface area contributed by atoms with Gasteiger partial charge in [-0.2, -0.15) is 0 Å². The molecular formula is C14H20F2O. The minimum absolute atomic E-state index is 0.0772. The number of allylic oxidation sites excluding steroid dienone is 4. The fourth-order valence-corrected chi connectivity index (χ4v) is 2.24. The second-order valence-electron chi connectivity index (χ2n) is 4.81. The Morgan fingerprint density at radius 3 is 2.47 bits per heavy atom. The van der Waals surface area contributed by atoms with Gasteiger partial charge in [-0.25, -0.2) is 8.78 Å². The molecule has 3 heteroatoms. The van der Waals surface area contributed by atoms with Crippen LogP contribution in [0.25, 0.3) is 0 Å². The van der Waals surface area contributed by atoms with E-state index in [2.05, 4.69) is 0 Å². The number of halogens is 2. The first-order valence-electron chi connectivity index (χ1n) is 6.10. The van der Waals surface area contributed by atoms with Gasteiger partial charge < -0.3 is 0 Å². The SMILES string of the molecule is CC(=O)C=CC1=CC(C(C)F)CCC1C(C)F. The molecule has 1 aliphatic carbocycles. The van der Waals surface area contributed by atoms with E-state index in [9.17, 15) is 13.6 Å². The van der Waals surface area contributed by atoms with E-state index in [0.717, 1.165) is 5.57 Å². The molecule has 1 rings (SSSR count). The Morgan fingerprint density at radius 1 is 1.35 bits per heavy atom. The van der Waals surface area contributed by atoms with Crippen molar-refractivity contribution in [3.05, 3.63) is 23.8 Å². The van der Waals surface area contributed by atoms with Crippen LogP contribution in [0.2, 0.25) is 0 Å². The maximum Gasteiger partial charge on any atom is 0.152 e. The number of carbonyl (C=O) groups is 1. The van der Waals surface area contributed by atoms with Crippen molar-refractivity contribution in [3.63, 3.8) is 0 Å². The predicted molar refractivity (Wildman–Crippen MR) is 65.3 cm³/mol. The molecule has 0 amide bonds. The quantitative estimate of drug-likeness (QED) is 0.685. The summed E-state index contributed by atoms with van der Waals surface area (Å²) in [4.78, 5) is 10.9. The van der Waals surface area contributed by atoms with Crippen molar-refractivity contribution < 1.29 is 13.6 Å². The number of hydrogen-bond donors (Lipinski definition) is 0. The largest absolute Gasteiger partial charge is 0.295 e. The fourth-order valence-electron chi connectivity index (χ4n) is 2.24. The van der Waals surface area contributed by atoms with Crippen molar-refractivity contribution in [2.24, 2.45) is 11.8 Å². The average molecular weight is 242 g/mol. The number of ketones is 1. The van der Waals surface area contributed by atoms with Gasteiger partial charge in [-0.3, -0.25) is 4.79 Å². The number of carbonyl (C=O) groups excluding carboxylic acids is 1. The summed E-state index contributed by atoms with van der Waals surface area (Å²) in [5.41, 5.74) is 0.760.